The van der Waals surface area contributed by atoms with Crippen LogP contribution in [0.1, 0.15) is 20.7 Å². The van der Waals surface area contributed by atoms with Crippen molar-refractivity contribution in [2.75, 3.05) is 0 Å². The Bertz CT molecular complexity index is 447. The molecule has 0 aliphatic rings. The summed E-state index contributed by atoms with van der Waals surface area (Å²) < 4.78 is 0. The second kappa shape index (κ2) is 5.08. The van der Waals surface area contributed by atoms with Crippen LogP contribution in [0.2, 0.25) is 0 Å². The van der Waals surface area contributed by atoms with E-state index in [1.54, 1.807) is 12.1 Å². The van der Waals surface area contributed by atoms with Crippen LogP contribution in [0.25, 0.3) is 0 Å². The van der Waals surface area contributed by atoms with Gasteiger partial charge in [0.25, 0.3) is 5.91 Å². The number of hydrogen-bond acceptors (Lipinski definition) is 3. The molecule has 0 unspecified atom stereocenters. The first-order valence-electron chi connectivity index (χ1n) is 4.27. The molecule has 84 valence electrons. The van der Waals surface area contributed by atoms with E-state index in [0.29, 0.717) is 0 Å². The third-order valence-corrected chi connectivity index (χ3v) is 1.84. The molecule has 0 saturated heterocycles. The number of nitrogens with one attached hydrogen (secondary N) is 2. The smallest absolute Gasteiger partial charge is 0.270 e. The second-order valence-electron chi connectivity index (χ2n) is 2.85. The van der Waals surface area contributed by atoms with E-state index >= 15 is 0 Å². The van der Waals surface area contributed by atoms with Gasteiger partial charge in [0.15, 0.2) is 5.11 Å². The lowest BCUT2D eigenvalue weighted by molar-refractivity contribution is 0.0928. The third kappa shape index (κ3) is 2.92. The lowest BCUT2D eigenvalue weighted by Gasteiger charge is -2.08. The lowest BCUT2D eigenvalue weighted by atomic mass is 10.1. The summed E-state index contributed by atoms with van der Waals surface area (Å²) in [6, 6.07) is 6.15. The van der Waals surface area contributed by atoms with Crippen LogP contribution in [0.15, 0.2) is 24.3 Å². The fraction of sp³-hybridized carbons (Fsp3) is 0. The first-order valence-corrected chi connectivity index (χ1v) is 4.68. The predicted molar refractivity (Wildman–Crippen MR) is 62.3 cm³/mol. The molecule has 7 heteroatoms. The molecule has 0 heterocycles. The Hall–Kier alpha value is -2.15. The van der Waals surface area contributed by atoms with Gasteiger partial charge in [-0.1, -0.05) is 12.1 Å². The molecule has 6 nitrogen and oxygen atoms in total. The van der Waals surface area contributed by atoms with Crippen molar-refractivity contribution in [2.24, 2.45) is 11.5 Å². The van der Waals surface area contributed by atoms with Crippen LogP contribution >= 0.6 is 12.2 Å². The van der Waals surface area contributed by atoms with Crippen molar-refractivity contribution in [1.29, 1.82) is 0 Å². The fourth-order valence-corrected chi connectivity index (χ4v) is 1.13. The van der Waals surface area contributed by atoms with Crippen molar-refractivity contribution in [3.63, 3.8) is 0 Å². The van der Waals surface area contributed by atoms with E-state index in [-0.39, 0.29) is 16.2 Å². The summed E-state index contributed by atoms with van der Waals surface area (Å²) >= 11 is 4.51. The normalized spacial score (nSPS) is 9.25. The number of thiocarbonyl (C=S) groups is 1. The molecule has 1 rings (SSSR count). The summed E-state index contributed by atoms with van der Waals surface area (Å²) in [5.74, 6) is -1.22. The molecular weight excluding hydrogens is 228 g/mol. The molecule has 6 N–H and O–H groups in total. The van der Waals surface area contributed by atoms with Gasteiger partial charge >= 0.3 is 0 Å². The van der Waals surface area contributed by atoms with Crippen molar-refractivity contribution in [2.45, 2.75) is 0 Å². The average molecular weight is 238 g/mol. The van der Waals surface area contributed by atoms with E-state index < -0.39 is 11.8 Å². The predicted octanol–water partition coefficient (Wildman–Crippen LogP) is -0.737. The zero-order chi connectivity index (χ0) is 12.1. The van der Waals surface area contributed by atoms with Gasteiger partial charge in [0.1, 0.15) is 0 Å². The van der Waals surface area contributed by atoms with Gasteiger partial charge < -0.3 is 11.5 Å². The van der Waals surface area contributed by atoms with Crippen LogP contribution in [0.5, 0.6) is 0 Å². The minimum absolute atomic E-state index is 0.0788. The lowest BCUT2D eigenvalue weighted by Crippen LogP contribution is -2.44. The molecule has 0 atom stereocenters. The summed E-state index contributed by atoms with van der Waals surface area (Å²) in [6.45, 7) is 0. The number of rotatable bonds is 2. The van der Waals surface area contributed by atoms with E-state index in [1.165, 1.54) is 12.1 Å². The number of hydrogen-bond donors (Lipinski definition) is 4. The molecule has 0 radical (unpaired) electrons. The van der Waals surface area contributed by atoms with Crippen LogP contribution in [0.3, 0.4) is 0 Å². The van der Waals surface area contributed by atoms with E-state index in [4.69, 9.17) is 11.5 Å². The Balaban J connectivity index is 2.90. The molecule has 16 heavy (non-hydrogen) atoms. The van der Waals surface area contributed by atoms with E-state index in [1.807, 2.05) is 0 Å². The van der Waals surface area contributed by atoms with Crippen molar-refractivity contribution >= 4 is 29.1 Å². The summed E-state index contributed by atoms with van der Waals surface area (Å²) in [5, 5.41) is -0.0788. The Kier molecular flexibility index (Phi) is 3.78. The van der Waals surface area contributed by atoms with Gasteiger partial charge in [-0.25, -0.2) is 0 Å². The maximum Gasteiger partial charge on any atom is 0.270 e. The van der Waals surface area contributed by atoms with Gasteiger partial charge in [-0.15, -0.1) is 0 Å². The van der Waals surface area contributed by atoms with Crippen LogP contribution in [-0.2, 0) is 0 Å². The summed E-state index contributed by atoms with van der Waals surface area (Å²) in [7, 11) is 0. The molecule has 0 aliphatic heterocycles. The standard InChI is InChI=1S/C9H10N4O2S/c10-7(14)5-3-1-2-4-6(5)8(15)12-13-9(11)16/h1-4H,(H2,10,14)(H,12,15)(H3,11,13,16). The van der Waals surface area contributed by atoms with Crippen molar-refractivity contribution in [1.82, 2.24) is 10.9 Å². The molecule has 1 aromatic carbocycles. The van der Waals surface area contributed by atoms with Crippen molar-refractivity contribution < 1.29 is 9.59 Å². The van der Waals surface area contributed by atoms with Crippen LogP contribution in [-0.4, -0.2) is 16.9 Å². The Labute approximate surface area is 97.0 Å². The maximum atomic E-state index is 11.6. The summed E-state index contributed by atoms with van der Waals surface area (Å²) in [6.07, 6.45) is 0. The molecule has 0 aromatic heterocycles. The van der Waals surface area contributed by atoms with E-state index in [0.717, 1.165) is 0 Å². The number of carbonyl (C=O) groups excluding carboxylic acids is 2. The molecule has 0 fully saturated rings. The Morgan fingerprint density at radius 1 is 1.06 bits per heavy atom. The minimum atomic E-state index is -0.680. The van der Waals surface area contributed by atoms with Crippen LogP contribution in [0, 0.1) is 0 Å². The molecule has 2 amide bonds. The zero-order valence-corrected chi connectivity index (χ0v) is 9.01. The molecular formula is C9H10N4O2S. The maximum absolute atomic E-state index is 11.6. The van der Waals surface area contributed by atoms with Gasteiger partial charge in [0.2, 0.25) is 5.91 Å². The number of carbonyl (C=O) groups is 2. The molecule has 0 saturated carbocycles. The highest BCUT2D eigenvalue weighted by Crippen LogP contribution is 2.07. The first-order chi connectivity index (χ1) is 7.52. The number of nitrogens with two attached hydrogens (primary N) is 2. The van der Waals surface area contributed by atoms with Gasteiger partial charge in [0.05, 0.1) is 11.1 Å². The van der Waals surface area contributed by atoms with Gasteiger partial charge in [-0.05, 0) is 24.4 Å². The van der Waals surface area contributed by atoms with Crippen LogP contribution in [0.4, 0.5) is 0 Å². The quantitative estimate of drug-likeness (QED) is 0.401. The number of benzene rings is 1. The number of amides is 2. The largest absolute Gasteiger partial charge is 0.375 e. The Morgan fingerprint density at radius 2 is 1.62 bits per heavy atom. The van der Waals surface area contributed by atoms with Crippen LogP contribution < -0.4 is 22.3 Å². The van der Waals surface area contributed by atoms with Gasteiger partial charge in [-0.3, -0.25) is 20.4 Å². The average Bonchev–Trinajstić information content (AvgIpc) is 2.25. The summed E-state index contributed by atoms with van der Waals surface area (Å²) in [5.41, 5.74) is 15.0. The SMILES string of the molecule is NC(=O)c1ccccc1C(=O)NNC(N)=S. The Morgan fingerprint density at radius 3 is 2.12 bits per heavy atom. The van der Waals surface area contributed by atoms with Crippen molar-refractivity contribution in [3.05, 3.63) is 35.4 Å². The first kappa shape index (κ1) is 11.9. The third-order valence-electron chi connectivity index (χ3n) is 1.74. The van der Waals surface area contributed by atoms with E-state index in [9.17, 15) is 9.59 Å². The molecule has 0 spiro atoms. The molecule has 1 aromatic rings. The minimum Gasteiger partial charge on any atom is -0.375 e. The molecule has 0 bridgehead atoms. The van der Waals surface area contributed by atoms with E-state index in [2.05, 4.69) is 23.1 Å². The molecule has 0 aliphatic carbocycles. The number of primary amides is 1. The fourth-order valence-electron chi connectivity index (χ4n) is 1.08. The summed E-state index contributed by atoms with van der Waals surface area (Å²) in [4.78, 5) is 22.6. The van der Waals surface area contributed by atoms with Gasteiger partial charge in [0, 0.05) is 0 Å². The number of hydrazine groups is 1. The highest BCUT2D eigenvalue weighted by Gasteiger charge is 2.13. The van der Waals surface area contributed by atoms with Crippen molar-refractivity contribution in [3.8, 4) is 0 Å². The second-order valence-corrected chi connectivity index (χ2v) is 3.29. The highest BCUT2D eigenvalue weighted by molar-refractivity contribution is 7.80. The van der Waals surface area contributed by atoms with Gasteiger partial charge in [-0.2, -0.15) is 0 Å². The zero-order valence-electron chi connectivity index (χ0n) is 8.19. The highest BCUT2D eigenvalue weighted by atomic mass is 32.1. The topological polar surface area (TPSA) is 110 Å². The monoisotopic (exact) mass is 238 g/mol.